The molecule has 0 aliphatic heterocycles. The van der Waals surface area contributed by atoms with Crippen molar-refractivity contribution in [3.63, 3.8) is 0 Å². The smallest absolute Gasteiger partial charge is 0.330 e. The third kappa shape index (κ3) is 3.16. The molecule has 2 unspecified atom stereocenters. The molecule has 0 radical (unpaired) electrons. The maximum Gasteiger partial charge on any atom is 0.330 e. The molecule has 0 aromatic carbocycles. The Morgan fingerprint density at radius 2 is 1.87 bits per heavy atom. The van der Waals surface area contributed by atoms with Crippen LogP contribution in [0.1, 0.15) is 33.4 Å². The van der Waals surface area contributed by atoms with Gasteiger partial charge in [0.1, 0.15) is 6.61 Å². The van der Waals surface area contributed by atoms with E-state index in [9.17, 15) is 14.4 Å². The van der Waals surface area contributed by atoms with Crippen molar-refractivity contribution in [1.29, 1.82) is 0 Å². The molecule has 0 N–H and O–H groups in total. The minimum Gasteiger partial charge on any atom is -0.459 e. The molecule has 0 spiro atoms. The van der Waals surface area contributed by atoms with Gasteiger partial charge in [-0.1, -0.05) is 25.5 Å². The molecular formula is C17H24N2O4. The van der Waals surface area contributed by atoms with E-state index in [1.54, 1.807) is 7.05 Å². The van der Waals surface area contributed by atoms with Crippen molar-refractivity contribution in [1.82, 2.24) is 9.13 Å². The van der Waals surface area contributed by atoms with E-state index in [0.29, 0.717) is 5.69 Å². The van der Waals surface area contributed by atoms with Crippen LogP contribution >= 0.6 is 0 Å². The highest BCUT2D eigenvalue weighted by atomic mass is 16.5. The quantitative estimate of drug-likeness (QED) is 0.620. The molecule has 1 saturated carbocycles. The molecule has 2 rings (SSSR count). The zero-order valence-electron chi connectivity index (χ0n) is 14.5. The van der Waals surface area contributed by atoms with E-state index in [-0.39, 0.29) is 29.8 Å². The van der Waals surface area contributed by atoms with E-state index in [1.807, 2.05) is 27.7 Å². The molecule has 1 heterocycles. The highest BCUT2D eigenvalue weighted by molar-refractivity contribution is 5.78. The maximum absolute atomic E-state index is 12.3. The van der Waals surface area contributed by atoms with Gasteiger partial charge in [0.15, 0.2) is 0 Å². The number of aromatic nitrogens is 2. The van der Waals surface area contributed by atoms with Gasteiger partial charge in [-0.05, 0) is 25.2 Å². The predicted molar refractivity (Wildman–Crippen MR) is 86.9 cm³/mol. The monoisotopic (exact) mass is 320 g/mol. The fraction of sp³-hybridized carbons (Fsp3) is 0.588. The van der Waals surface area contributed by atoms with Gasteiger partial charge in [-0.2, -0.15) is 0 Å². The molecule has 1 aliphatic rings. The van der Waals surface area contributed by atoms with E-state index in [4.69, 9.17) is 4.74 Å². The van der Waals surface area contributed by atoms with Crippen molar-refractivity contribution < 1.29 is 9.53 Å². The van der Waals surface area contributed by atoms with Crippen molar-refractivity contribution in [2.24, 2.45) is 31.3 Å². The molecule has 23 heavy (non-hydrogen) atoms. The lowest BCUT2D eigenvalue weighted by molar-refractivity contribution is -0.147. The van der Waals surface area contributed by atoms with Crippen molar-refractivity contribution >= 4 is 5.97 Å². The van der Waals surface area contributed by atoms with E-state index in [1.165, 1.54) is 23.3 Å². The van der Waals surface area contributed by atoms with Crippen LogP contribution in [0.2, 0.25) is 0 Å². The normalized spacial score (nSPS) is 21.7. The Morgan fingerprint density at radius 3 is 2.43 bits per heavy atom. The topological polar surface area (TPSA) is 70.3 Å². The summed E-state index contributed by atoms with van der Waals surface area (Å²) in [7, 11) is 2.97. The van der Waals surface area contributed by atoms with Crippen LogP contribution in [-0.4, -0.2) is 15.1 Å². The summed E-state index contributed by atoms with van der Waals surface area (Å²) < 4.78 is 7.69. The standard InChI is InChI=1S/C17H24N2O4/c1-10(2)7-12-14(17(12,3)4)15(21)23-9-11-8-13(20)19(6)16(22)18(11)5/h7-8,12,14H,9H2,1-6H3. The van der Waals surface area contributed by atoms with Crippen LogP contribution < -0.4 is 11.2 Å². The van der Waals surface area contributed by atoms with Crippen LogP contribution in [0.25, 0.3) is 0 Å². The lowest BCUT2D eigenvalue weighted by Crippen LogP contribution is -2.38. The van der Waals surface area contributed by atoms with Crippen molar-refractivity contribution in [3.8, 4) is 0 Å². The van der Waals surface area contributed by atoms with E-state index >= 15 is 0 Å². The van der Waals surface area contributed by atoms with E-state index < -0.39 is 11.2 Å². The van der Waals surface area contributed by atoms with Crippen LogP contribution in [0.15, 0.2) is 27.3 Å². The fourth-order valence-corrected chi connectivity index (χ4v) is 2.95. The lowest BCUT2D eigenvalue weighted by Gasteiger charge is -2.10. The van der Waals surface area contributed by atoms with Crippen LogP contribution in [0.4, 0.5) is 0 Å². The van der Waals surface area contributed by atoms with Gasteiger partial charge in [-0.15, -0.1) is 0 Å². The number of esters is 1. The number of hydrogen-bond donors (Lipinski definition) is 0. The fourth-order valence-electron chi connectivity index (χ4n) is 2.95. The second-order valence-corrected chi connectivity index (χ2v) is 7.05. The molecule has 0 amide bonds. The summed E-state index contributed by atoms with van der Waals surface area (Å²) in [6.45, 7) is 8.02. The molecule has 1 fully saturated rings. The number of carbonyl (C=O) groups is 1. The Bertz CT molecular complexity index is 779. The number of nitrogens with zero attached hydrogens (tertiary/aromatic N) is 2. The first-order valence-electron chi connectivity index (χ1n) is 7.65. The maximum atomic E-state index is 12.3. The molecule has 1 aromatic rings. The number of rotatable bonds is 4. The third-order valence-corrected chi connectivity index (χ3v) is 4.67. The molecule has 1 aromatic heterocycles. The summed E-state index contributed by atoms with van der Waals surface area (Å²) >= 11 is 0. The van der Waals surface area contributed by atoms with Crippen LogP contribution in [0.3, 0.4) is 0 Å². The number of allylic oxidation sites excluding steroid dienone is 2. The second kappa shape index (κ2) is 5.83. The number of ether oxygens (including phenoxy) is 1. The molecule has 0 saturated heterocycles. The number of carbonyl (C=O) groups excluding carboxylic acids is 1. The van der Waals surface area contributed by atoms with E-state index in [0.717, 1.165) is 4.57 Å². The summed E-state index contributed by atoms with van der Waals surface area (Å²) in [5.41, 5.74) is 0.606. The zero-order chi connectivity index (χ0) is 17.5. The minimum atomic E-state index is -0.433. The molecule has 2 atom stereocenters. The SMILES string of the molecule is CC(C)=CC1C(C(=O)OCc2cc(=O)n(C)c(=O)n2C)C1(C)C. The Kier molecular flexibility index (Phi) is 4.37. The Balaban J connectivity index is 2.11. The van der Waals surface area contributed by atoms with Crippen molar-refractivity contribution in [2.75, 3.05) is 0 Å². The molecular weight excluding hydrogens is 296 g/mol. The largest absolute Gasteiger partial charge is 0.459 e. The third-order valence-electron chi connectivity index (χ3n) is 4.67. The van der Waals surface area contributed by atoms with Crippen LogP contribution in [0.5, 0.6) is 0 Å². The van der Waals surface area contributed by atoms with Gasteiger partial charge in [-0.3, -0.25) is 18.7 Å². The molecule has 6 heteroatoms. The molecule has 6 nitrogen and oxygen atoms in total. The second-order valence-electron chi connectivity index (χ2n) is 7.05. The lowest BCUT2D eigenvalue weighted by atomic mass is 10.1. The molecule has 126 valence electrons. The average molecular weight is 320 g/mol. The van der Waals surface area contributed by atoms with Gasteiger partial charge >= 0.3 is 11.7 Å². The highest BCUT2D eigenvalue weighted by Crippen LogP contribution is 2.59. The van der Waals surface area contributed by atoms with Gasteiger partial charge in [0.2, 0.25) is 0 Å². The van der Waals surface area contributed by atoms with Crippen molar-refractivity contribution in [2.45, 2.75) is 34.3 Å². The summed E-state index contributed by atoms with van der Waals surface area (Å²) in [5.74, 6) is -0.293. The van der Waals surface area contributed by atoms with Gasteiger partial charge in [0.25, 0.3) is 5.56 Å². The van der Waals surface area contributed by atoms with E-state index in [2.05, 4.69) is 6.08 Å². The minimum absolute atomic E-state index is 0.0746. The predicted octanol–water partition coefficient (Wildman–Crippen LogP) is 1.37. The zero-order valence-corrected chi connectivity index (χ0v) is 14.5. The first-order valence-corrected chi connectivity index (χ1v) is 7.65. The number of hydrogen-bond acceptors (Lipinski definition) is 4. The van der Waals surface area contributed by atoms with Gasteiger partial charge < -0.3 is 4.74 Å². The molecule has 0 bridgehead atoms. The average Bonchev–Trinajstić information content (AvgIpc) is 2.99. The summed E-state index contributed by atoms with van der Waals surface area (Å²) in [6.07, 6.45) is 2.10. The molecule has 1 aliphatic carbocycles. The summed E-state index contributed by atoms with van der Waals surface area (Å²) in [4.78, 5) is 35.8. The highest BCUT2D eigenvalue weighted by Gasteiger charge is 2.61. The Morgan fingerprint density at radius 1 is 1.26 bits per heavy atom. The first kappa shape index (κ1) is 17.2. The van der Waals surface area contributed by atoms with Gasteiger partial charge in [0.05, 0.1) is 11.6 Å². The van der Waals surface area contributed by atoms with Crippen LogP contribution in [0, 0.1) is 17.3 Å². The van der Waals surface area contributed by atoms with Gasteiger partial charge in [-0.25, -0.2) is 4.79 Å². The Labute approximate surface area is 135 Å². The summed E-state index contributed by atoms with van der Waals surface area (Å²) in [5, 5.41) is 0. The van der Waals surface area contributed by atoms with Crippen LogP contribution in [-0.2, 0) is 30.2 Å². The first-order chi connectivity index (χ1) is 10.6. The summed E-state index contributed by atoms with van der Waals surface area (Å²) in [6, 6.07) is 1.32. The Hall–Kier alpha value is -2.11. The van der Waals surface area contributed by atoms with Crippen molar-refractivity contribution in [3.05, 3.63) is 44.2 Å². The van der Waals surface area contributed by atoms with Gasteiger partial charge in [0, 0.05) is 20.2 Å².